The summed E-state index contributed by atoms with van der Waals surface area (Å²) in [5, 5.41) is 24.3. The molecule has 5 nitrogen and oxygen atoms in total. The topological polar surface area (TPSA) is 70.0 Å². The van der Waals surface area contributed by atoms with Crippen LogP contribution in [0.2, 0.25) is 0 Å². The van der Waals surface area contributed by atoms with Gasteiger partial charge >= 0.3 is 0 Å². The van der Waals surface area contributed by atoms with Crippen molar-refractivity contribution in [3.05, 3.63) is 70.8 Å². The zero-order valence-corrected chi connectivity index (χ0v) is 23.2. The number of Topliss-reactive ketones (excluding diaryl/α,β-unsaturated/α-hetero) is 1. The third-order valence-corrected chi connectivity index (χ3v) is 10.8. The third kappa shape index (κ3) is 3.61. The van der Waals surface area contributed by atoms with Gasteiger partial charge in [0.25, 0.3) is 0 Å². The number of allylic oxidation sites excluding steroid dienone is 1. The van der Waals surface area contributed by atoms with Crippen LogP contribution in [0, 0.1) is 17.3 Å². The molecule has 5 heteroatoms. The summed E-state index contributed by atoms with van der Waals surface area (Å²) in [5.41, 5.74) is 3.38. The Hall–Kier alpha value is -2.63. The number of nitrogens with zero attached hydrogens (tertiary/aromatic N) is 1. The maximum Gasteiger partial charge on any atom is 0.137 e. The summed E-state index contributed by atoms with van der Waals surface area (Å²) >= 11 is 0. The van der Waals surface area contributed by atoms with Gasteiger partial charge in [-0.1, -0.05) is 42.8 Å². The van der Waals surface area contributed by atoms with Gasteiger partial charge in [0.2, 0.25) is 0 Å². The van der Waals surface area contributed by atoms with Gasteiger partial charge in [0.1, 0.15) is 11.5 Å². The van der Waals surface area contributed by atoms with E-state index in [9.17, 15) is 15.0 Å². The van der Waals surface area contributed by atoms with Gasteiger partial charge in [0.15, 0.2) is 0 Å². The summed E-state index contributed by atoms with van der Waals surface area (Å²) in [6.07, 6.45) is 5.56. The van der Waals surface area contributed by atoms with E-state index in [1.807, 2.05) is 38.4 Å². The van der Waals surface area contributed by atoms with Crippen molar-refractivity contribution in [1.29, 1.82) is 0 Å². The Labute approximate surface area is 226 Å². The predicted molar refractivity (Wildman–Crippen MR) is 149 cm³/mol. The number of carbonyl (C=O) groups excluding carboxylic acids is 1. The molecule has 0 saturated heterocycles. The number of ketones is 1. The average molecular weight is 516 g/mol. The highest BCUT2D eigenvalue weighted by molar-refractivity contribution is 5.84. The predicted octanol–water partition coefficient (Wildman–Crippen LogP) is 5.74. The Morgan fingerprint density at radius 2 is 1.71 bits per heavy atom. The lowest BCUT2D eigenvalue weighted by molar-refractivity contribution is -0.127. The molecule has 2 aromatic rings. The zero-order chi connectivity index (χ0) is 26.9. The second kappa shape index (κ2) is 8.96. The minimum atomic E-state index is -1.04. The van der Waals surface area contributed by atoms with Gasteiger partial charge < -0.3 is 19.8 Å². The van der Waals surface area contributed by atoms with E-state index < -0.39 is 11.2 Å². The van der Waals surface area contributed by atoms with Crippen molar-refractivity contribution in [3.63, 3.8) is 0 Å². The van der Waals surface area contributed by atoms with Crippen molar-refractivity contribution < 1.29 is 19.7 Å². The van der Waals surface area contributed by atoms with Crippen LogP contribution in [0.5, 0.6) is 5.75 Å². The second-order valence-electron chi connectivity index (χ2n) is 12.7. The summed E-state index contributed by atoms with van der Waals surface area (Å²) in [6.45, 7) is 2.28. The van der Waals surface area contributed by atoms with Crippen LogP contribution in [0.4, 0.5) is 5.69 Å². The largest absolute Gasteiger partial charge is 0.496 e. The number of carbonyl (C=O) groups is 1. The highest BCUT2D eigenvalue weighted by Crippen LogP contribution is 2.68. The number of benzene rings is 2. The van der Waals surface area contributed by atoms with E-state index in [1.165, 1.54) is 5.57 Å². The van der Waals surface area contributed by atoms with E-state index in [0.29, 0.717) is 31.1 Å². The molecule has 3 saturated carbocycles. The van der Waals surface area contributed by atoms with E-state index in [0.717, 1.165) is 53.8 Å². The molecule has 4 aliphatic carbocycles. The van der Waals surface area contributed by atoms with Crippen molar-refractivity contribution in [1.82, 2.24) is 0 Å². The number of rotatable bonds is 4. The molecule has 0 aliphatic heterocycles. The molecule has 38 heavy (non-hydrogen) atoms. The van der Waals surface area contributed by atoms with Gasteiger partial charge in [-0.2, -0.15) is 0 Å². The fourth-order valence-corrected chi connectivity index (χ4v) is 8.85. The van der Waals surface area contributed by atoms with Crippen LogP contribution in [0.3, 0.4) is 0 Å². The molecule has 6 rings (SSSR count). The molecular formula is C33H41NO4. The van der Waals surface area contributed by atoms with Crippen LogP contribution >= 0.6 is 0 Å². The van der Waals surface area contributed by atoms with Crippen LogP contribution in [-0.2, 0) is 10.4 Å². The molecule has 0 spiro atoms. The Kier molecular flexibility index (Phi) is 6.04. The Morgan fingerprint density at radius 1 is 0.974 bits per heavy atom. The molecule has 3 fully saturated rings. The first-order valence-electron chi connectivity index (χ1n) is 14.2. The molecule has 2 aromatic carbocycles. The first kappa shape index (κ1) is 25.6. The summed E-state index contributed by atoms with van der Waals surface area (Å²) in [7, 11) is 5.74. The molecule has 0 amide bonds. The Balaban J connectivity index is 1.42. The second-order valence-corrected chi connectivity index (χ2v) is 12.7. The van der Waals surface area contributed by atoms with Gasteiger partial charge in [-0.25, -0.2) is 0 Å². The summed E-state index contributed by atoms with van der Waals surface area (Å²) in [4.78, 5) is 15.0. The Morgan fingerprint density at radius 3 is 2.42 bits per heavy atom. The molecule has 0 heterocycles. The molecule has 4 aliphatic rings. The summed E-state index contributed by atoms with van der Waals surface area (Å²) in [5.74, 6) is 1.49. The van der Waals surface area contributed by atoms with Gasteiger partial charge in [-0.05, 0) is 79.7 Å². The number of hydrogen-bond acceptors (Lipinski definition) is 5. The van der Waals surface area contributed by atoms with E-state index in [2.05, 4.69) is 36.1 Å². The monoisotopic (exact) mass is 515 g/mol. The minimum absolute atomic E-state index is 0.0749. The lowest BCUT2D eigenvalue weighted by Gasteiger charge is -2.55. The fraction of sp³-hybridized carbons (Fsp3) is 0.545. The fourth-order valence-electron chi connectivity index (χ4n) is 8.85. The van der Waals surface area contributed by atoms with Gasteiger partial charge in [-0.15, -0.1) is 0 Å². The van der Waals surface area contributed by atoms with Crippen molar-refractivity contribution in [3.8, 4) is 5.75 Å². The highest BCUT2D eigenvalue weighted by Gasteiger charge is 2.63. The van der Waals surface area contributed by atoms with Crippen LogP contribution in [0.1, 0.15) is 75.3 Å². The summed E-state index contributed by atoms with van der Waals surface area (Å²) < 4.78 is 5.70. The molecule has 0 unspecified atom stereocenters. The first-order valence-corrected chi connectivity index (χ1v) is 14.2. The molecule has 0 aromatic heterocycles. The number of anilines is 1. The average Bonchev–Trinajstić information content (AvgIpc) is 3.18. The van der Waals surface area contributed by atoms with E-state index in [4.69, 9.17) is 4.74 Å². The lowest BCUT2D eigenvalue weighted by Crippen LogP contribution is -2.52. The quantitative estimate of drug-likeness (QED) is 0.508. The SMILES string of the molecule is COc1ccccc1[C@@]1(O)CC[C@H]2[C@@H]3CC[C@@]4(O)CC(=O)C[C@@H](c5ccc(N(C)C)cc5)C4=C3CC[C@@]21C. The lowest BCUT2D eigenvalue weighted by atomic mass is 9.51. The first-order chi connectivity index (χ1) is 18.1. The molecule has 202 valence electrons. The number of para-hydroxylation sites is 1. The minimum Gasteiger partial charge on any atom is -0.496 e. The number of aliphatic hydroxyl groups is 2. The molecule has 2 N–H and O–H groups in total. The van der Waals surface area contributed by atoms with Crippen LogP contribution in [-0.4, -0.2) is 42.8 Å². The number of methoxy groups -OCH3 is 1. The highest BCUT2D eigenvalue weighted by atomic mass is 16.5. The van der Waals surface area contributed by atoms with Gasteiger partial charge in [0.05, 0.1) is 18.3 Å². The number of hydrogen-bond donors (Lipinski definition) is 2. The van der Waals surface area contributed by atoms with Crippen LogP contribution < -0.4 is 9.64 Å². The maximum atomic E-state index is 12.9. The smallest absolute Gasteiger partial charge is 0.137 e. The Bertz CT molecular complexity index is 1280. The number of ether oxygens (including phenoxy) is 1. The van der Waals surface area contributed by atoms with Gasteiger partial charge in [-0.3, -0.25) is 4.79 Å². The van der Waals surface area contributed by atoms with Crippen molar-refractivity contribution in [2.24, 2.45) is 17.3 Å². The van der Waals surface area contributed by atoms with Crippen molar-refractivity contribution in [2.75, 3.05) is 26.1 Å². The van der Waals surface area contributed by atoms with Crippen LogP contribution in [0.15, 0.2) is 59.7 Å². The summed E-state index contributed by atoms with van der Waals surface area (Å²) in [6, 6.07) is 16.4. The van der Waals surface area contributed by atoms with Crippen LogP contribution in [0.25, 0.3) is 0 Å². The van der Waals surface area contributed by atoms with E-state index >= 15 is 0 Å². The van der Waals surface area contributed by atoms with Gasteiger partial charge in [0, 0.05) is 49.5 Å². The van der Waals surface area contributed by atoms with Crippen molar-refractivity contribution >= 4 is 11.5 Å². The zero-order valence-electron chi connectivity index (χ0n) is 23.2. The molecular weight excluding hydrogens is 474 g/mol. The maximum absolute atomic E-state index is 12.9. The normalized spacial score (nSPS) is 36.4. The molecule has 0 radical (unpaired) electrons. The van der Waals surface area contributed by atoms with E-state index in [1.54, 1.807) is 7.11 Å². The van der Waals surface area contributed by atoms with E-state index in [-0.39, 0.29) is 23.5 Å². The van der Waals surface area contributed by atoms with Crippen molar-refractivity contribution in [2.45, 2.75) is 75.4 Å². The number of fused-ring (bicyclic) bond motifs is 4. The third-order valence-electron chi connectivity index (χ3n) is 10.8. The molecule has 6 atom stereocenters. The molecule has 0 bridgehead atoms. The standard InChI is InChI=1S/C33H41NO4/c1-31-16-13-25-24(27(31)15-18-33(31,37)28-7-5-6-8-29(28)38-4)14-17-32(36)20-23(35)19-26(30(25)32)21-9-11-22(12-10-21)34(2)3/h5-12,24,26-27,36-37H,13-20H2,1-4H3/t24-,26+,27+,31+,32-,33+/m1/s1.